The number of hydrogen-bond acceptors (Lipinski definition) is 0. The lowest BCUT2D eigenvalue weighted by Gasteiger charge is -2.24. The molecule has 2 unspecified atom stereocenters. The van der Waals surface area contributed by atoms with Crippen LogP contribution < -0.4 is 0 Å². The number of rotatable bonds is 2. The van der Waals surface area contributed by atoms with Crippen molar-refractivity contribution in [2.75, 3.05) is 0 Å². The number of hydrogen-bond donors (Lipinski definition) is 0. The van der Waals surface area contributed by atoms with Gasteiger partial charge in [-0.1, -0.05) is 57.2 Å². The van der Waals surface area contributed by atoms with Gasteiger partial charge in [-0.05, 0) is 46.1 Å². The van der Waals surface area contributed by atoms with Crippen LogP contribution in [0.3, 0.4) is 0 Å². The highest BCUT2D eigenvalue weighted by atomic mass is 14.4. The molecule has 3 rings (SSSR count). The van der Waals surface area contributed by atoms with Crippen molar-refractivity contribution in [2.24, 2.45) is 5.92 Å². The van der Waals surface area contributed by atoms with Gasteiger partial charge in [-0.3, -0.25) is 0 Å². The summed E-state index contributed by atoms with van der Waals surface area (Å²) >= 11 is 0. The summed E-state index contributed by atoms with van der Waals surface area (Å²) in [4.78, 5) is 0. The molecule has 0 amide bonds. The van der Waals surface area contributed by atoms with Gasteiger partial charge in [0, 0.05) is 0 Å². The van der Waals surface area contributed by atoms with Gasteiger partial charge in [-0.15, -0.1) is 0 Å². The molecule has 0 radical (unpaired) electrons. The topological polar surface area (TPSA) is 0 Å². The van der Waals surface area contributed by atoms with E-state index >= 15 is 0 Å². The van der Waals surface area contributed by atoms with Gasteiger partial charge in [0.05, 0.1) is 0 Å². The molecule has 2 aromatic rings. The van der Waals surface area contributed by atoms with Crippen LogP contribution in [0.2, 0.25) is 0 Å². The van der Waals surface area contributed by atoms with Crippen LogP contribution in [0.4, 0.5) is 0 Å². The minimum absolute atomic E-state index is 0.709. The van der Waals surface area contributed by atoms with Gasteiger partial charge in [0.25, 0.3) is 0 Å². The second-order valence-electron chi connectivity index (χ2n) is 5.58. The van der Waals surface area contributed by atoms with Crippen LogP contribution in [0.15, 0.2) is 36.4 Å². The summed E-state index contributed by atoms with van der Waals surface area (Å²) in [6, 6.07) is 13.6. The van der Waals surface area contributed by atoms with Crippen molar-refractivity contribution in [1.29, 1.82) is 0 Å². The van der Waals surface area contributed by atoms with Crippen molar-refractivity contribution in [3.05, 3.63) is 47.5 Å². The lowest BCUT2D eigenvalue weighted by Crippen LogP contribution is -2.10. The second kappa shape index (κ2) is 3.87. The minimum Gasteiger partial charge on any atom is -0.0648 e. The Bertz CT molecular complexity index is 546. The third-order valence-electron chi connectivity index (χ3n) is 4.32. The zero-order valence-corrected chi connectivity index (χ0v) is 10.9. The van der Waals surface area contributed by atoms with E-state index in [-0.39, 0.29) is 0 Å². The maximum Gasteiger partial charge on any atom is -0.00636 e. The molecule has 1 aliphatic rings. The summed E-state index contributed by atoms with van der Waals surface area (Å²) in [7, 11) is 0. The molecule has 1 aliphatic carbocycles. The van der Waals surface area contributed by atoms with Gasteiger partial charge < -0.3 is 0 Å². The first-order valence-electron chi connectivity index (χ1n) is 6.75. The monoisotopic (exact) mass is 224 g/mol. The summed E-state index contributed by atoms with van der Waals surface area (Å²) < 4.78 is 0. The van der Waals surface area contributed by atoms with Crippen LogP contribution >= 0.6 is 0 Å². The highest BCUT2D eigenvalue weighted by molar-refractivity contribution is 5.92. The van der Waals surface area contributed by atoms with Crippen LogP contribution in [0.1, 0.15) is 50.2 Å². The SMILES string of the molecule is CCC1c2cccc3cccc(c23)C1C(C)C. The summed E-state index contributed by atoms with van der Waals surface area (Å²) in [6.07, 6.45) is 1.25. The average molecular weight is 224 g/mol. The molecule has 0 saturated heterocycles. The van der Waals surface area contributed by atoms with Crippen molar-refractivity contribution in [3.8, 4) is 0 Å². The molecule has 0 heteroatoms. The van der Waals surface area contributed by atoms with Gasteiger partial charge in [-0.2, -0.15) is 0 Å². The van der Waals surface area contributed by atoms with Crippen LogP contribution in [0, 0.1) is 5.92 Å². The third kappa shape index (κ3) is 1.43. The Morgan fingerprint density at radius 3 is 2.24 bits per heavy atom. The maximum absolute atomic E-state index is 2.36. The molecule has 0 N–H and O–H groups in total. The molecule has 0 aliphatic heterocycles. The predicted molar refractivity (Wildman–Crippen MR) is 74.6 cm³/mol. The number of benzene rings is 2. The largest absolute Gasteiger partial charge is 0.0648 e. The molecule has 0 saturated carbocycles. The molecule has 0 nitrogen and oxygen atoms in total. The first-order valence-corrected chi connectivity index (χ1v) is 6.75. The molecule has 2 atom stereocenters. The summed E-state index contributed by atoms with van der Waals surface area (Å²) in [6.45, 7) is 7.04. The van der Waals surface area contributed by atoms with Crippen molar-refractivity contribution in [3.63, 3.8) is 0 Å². The fraction of sp³-hybridized carbons (Fsp3) is 0.412. The van der Waals surface area contributed by atoms with E-state index in [2.05, 4.69) is 57.2 Å². The van der Waals surface area contributed by atoms with E-state index in [9.17, 15) is 0 Å². The Balaban J connectivity index is 2.32. The zero-order valence-electron chi connectivity index (χ0n) is 10.9. The fourth-order valence-corrected chi connectivity index (χ4v) is 3.69. The fourth-order valence-electron chi connectivity index (χ4n) is 3.69. The van der Waals surface area contributed by atoms with Crippen LogP contribution in [-0.2, 0) is 0 Å². The van der Waals surface area contributed by atoms with Crippen LogP contribution in [-0.4, -0.2) is 0 Å². The summed E-state index contributed by atoms with van der Waals surface area (Å²) in [5.41, 5.74) is 3.17. The highest BCUT2D eigenvalue weighted by Crippen LogP contribution is 2.51. The minimum atomic E-state index is 0.709. The molecule has 0 bridgehead atoms. The molecular weight excluding hydrogens is 204 g/mol. The summed E-state index contributed by atoms with van der Waals surface area (Å²) in [5, 5.41) is 2.96. The Morgan fingerprint density at radius 2 is 1.65 bits per heavy atom. The van der Waals surface area contributed by atoms with E-state index in [0.29, 0.717) is 5.92 Å². The highest BCUT2D eigenvalue weighted by Gasteiger charge is 2.34. The van der Waals surface area contributed by atoms with Gasteiger partial charge >= 0.3 is 0 Å². The molecule has 88 valence electrons. The van der Waals surface area contributed by atoms with Gasteiger partial charge in [-0.25, -0.2) is 0 Å². The van der Waals surface area contributed by atoms with E-state index < -0.39 is 0 Å². The predicted octanol–water partition coefficient (Wildman–Crippen LogP) is 5.09. The maximum atomic E-state index is 2.36. The van der Waals surface area contributed by atoms with E-state index in [1.165, 1.54) is 11.8 Å². The lowest BCUT2D eigenvalue weighted by atomic mass is 9.80. The van der Waals surface area contributed by atoms with E-state index in [1.54, 1.807) is 16.5 Å². The Kier molecular flexibility index (Phi) is 2.47. The molecule has 0 fully saturated rings. The normalized spacial score (nSPS) is 22.6. The first kappa shape index (κ1) is 10.8. The van der Waals surface area contributed by atoms with Gasteiger partial charge in [0.1, 0.15) is 0 Å². The molecule has 0 heterocycles. The van der Waals surface area contributed by atoms with E-state index in [4.69, 9.17) is 0 Å². The molecule has 2 aromatic carbocycles. The zero-order chi connectivity index (χ0) is 12.0. The molecule has 17 heavy (non-hydrogen) atoms. The Hall–Kier alpha value is -1.30. The second-order valence-corrected chi connectivity index (χ2v) is 5.58. The van der Waals surface area contributed by atoms with Crippen molar-refractivity contribution in [1.82, 2.24) is 0 Å². The van der Waals surface area contributed by atoms with Crippen molar-refractivity contribution < 1.29 is 0 Å². The quantitative estimate of drug-likeness (QED) is 0.666. The van der Waals surface area contributed by atoms with Crippen molar-refractivity contribution >= 4 is 10.8 Å². The van der Waals surface area contributed by atoms with E-state index in [1.807, 2.05) is 0 Å². The lowest BCUT2D eigenvalue weighted by molar-refractivity contribution is 0.426. The average Bonchev–Trinajstić information content (AvgIpc) is 2.66. The standard InChI is InChI=1S/C17H20/c1-4-13-14-9-5-7-12-8-6-10-15(17(12)14)16(13)11(2)3/h5-11,13,16H,4H2,1-3H3. The van der Waals surface area contributed by atoms with Crippen LogP contribution in [0.5, 0.6) is 0 Å². The summed E-state index contributed by atoms with van der Waals surface area (Å²) in [5.74, 6) is 2.15. The molecular formula is C17H20. The van der Waals surface area contributed by atoms with Crippen molar-refractivity contribution in [2.45, 2.75) is 39.0 Å². The van der Waals surface area contributed by atoms with Gasteiger partial charge in [0.15, 0.2) is 0 Å². The first-order chi connectivity index (χ1) is 8.24. The molecule has 0 spiro atoms. The smallest absolute Gasteiger partial charge is 0.00636 e. The van der Waals surface area contributed by atoms with E-state index in [0.717, 1.165) is 11.8 Å². The third-order valence-corrected chi connectivity index (χ3v) is 4.32. The Morgan fingerprint density at radius 1 is 1.00 bits per heavy atom. The Labute approximate surface area is 104 Å². The van der Waals surface area contributed by atoms with Crippen LogP contribution in [0.25, 0.3) is 10.8 Å². The van der Waals surface area contributed by atoms with Gasteiger partial charge in [0.2, 0.25) is 0 Å². The molecule has 0 aromatic heterocycles.